The number of hydrogen-bond acceptors (Lipinski definition) is 3. The lowest BCUT2D eigenvalue weighted by Crippen LogP contribution is -2.29. The lowest BCUT2D eigenvalue weighted by atomic mass is 9.85. The molecular weight excluding hydrogens is 516 g/mol. The van der Waals surface area contributed by atoms with Gasteiger partial charge in [-0.05, 0) is 89.8 Å². The summed E-state index contributed by atoms with van der Waals surface area (Å²) in [4.78, 5) is 17.8. The first kappa shape index (κ1) is 29.2. The number of likely N-dealkylation sites (tertiary alicyclic amines) is 1. The third kappa shape index (κ3) is 7.13. The van der Waals surface area contributed by atoms with Gasteiger partial charge in [0.15, 0.2) is 0 Å². The number of amides is 2. The number of rotatable bonds is 5. The first-order chi connectivity index (χ1) is 20.2. The number of carbonyl (C=O) groups excluding carboxylic acids is 1. The van der Waals surface area contributed by atoms with E-state index in [9.17, 15) is 4.79 Å². The van der Waals surface area contributed by atoms with Crippen LogP contribution in [0.3, 0.4) is 0 Å². The summed E-state index contributed by atoms with van der Waals surface area (Å²) in [7, 11) is 4.08. The molecule has 1 fully saturated rings. The van der Waals surface area contributed by atoms with Gasteiger partial charge >= 0.3 is 6.03 Å². The van der Waals surface area contributed by atoms with Crippen LogP contribution in [-0.4, -0.2) is 44.7 Å². The van der Waals surface area contributed by atoms with Crippen molar-refractivity contribution in [3.63, 3.8) is 0 Å². The Hall–Kier alpha value is -4.27. The van der Waals surface area contributed by atoms with Crippen molar-refractivity contribution in [2.45, 2.75) is 45.4 Å². The van der Waals surface area contributed by atoms with Crippen LogP contribution in [0.5, 0.6) is 0 Å². The minimum Gasteiger partial charge on any atom is -0.378 e. The fourth-order valence-electron chi connectivity index (χ4n) is 5.42. The van der Waals surface area contributed by atoms with Gasteiger partial charge in [0.25, 0.3) is 0 Å². The maximum Gasteiger partial charge on any atom is 0.323 e. The summed E-state index contributed by atoms with van der Waals surface area (Å²) in [6.45, 7) is 9.63. The summed E-state index contributed by atoms with van der Waals surface area (Å²) in [6.07, 6.45) is 3.85. The number of benzene rings is 4. The minimum atomic E-state index is -0.274. The number of carbonyl (C=O) groups is 1. The van der Waals surface area contributed by atoms with E-state index in [4.69, 9.17) is 0 Å². The third-order valence-corrected chi connectivity index (χ3v) is 7.92. The molecule has 0 aromatic heterocycles. The molecule has 0 saturated carbocycles. The first-order valence-corrected chi connectivity index (χ1v) is 14.9. The summed E-state index contributed by atoms with van der Waals surface area (Å²) in [5, 5.41) is 8.21. The predicted octanol–water partition coefficient (Wildman–Crippen LogP) is 8.35. The first-order valence-electron chi connectivity index (χ1n) is 14.9. The van der Waals surface area contributed by atoms with Crippen molar-refractivity contribution in [1.29, 1.82) is 0 Å². The average Bonchev–Trinajstić information content (AvgIpc) is 2.98. The van der Waals surface area contributed by atoms with Crippen LogP contribution in [0, 0.1) is 11.8 Å². The predicted molar refractivity (Wildman–Crippen MR) is 179 cm³/mol. The second-order valence-corrected chi connectivity index (χ2v) is 12.4. The Balaban J connectivity index is 1.37. The van der Waals surface area contributed by atoms with Gasteiger partial charge in [0.2, 0.25) is 0 Å². The van der Waals surface area contributed by atoms with Crippen LogP contribution in [0.1, 0.15) is 51.2 Å². The quantitative estimate of drug-likeness (QED) is 0.242. The lowest BCUT2D eigenvalue weighted by molar-refractivity contribution is 0.255. The zero-order valence-electron chi connectivity index (χ0n) is 25.6. The van der Waals surface area contributed by atoms with E-state index in [-0.39, 0.29) is 11.4 Å². The molecule has 5 rings (SSSR count). The Bertz CT molecular complexity index is 1610. The topological polar surface area (TPSA) is 47.6 Å². The smallest absolute Gasteiger partial charge is 0.323 e. The van der Waals surface area contributed by atoms with Crippen molar-refractivity contribution in [2.75, 3.05) is 49.3 Å². The van der Waals surface area contributed by atoms with E-state index in [1.54, 1.807) is 0 Å². The maximum absolute atomic E-state index is 13.3. The zero-order chi connectivity index (χ0) is 29.7. The number of hydrogen-bond donors (Lipinski definition) is 2. The maximum atomic E-state index is 13.3. The number of fused-ring (bicyclic) bond motifs is 1. The van der Waals surface area contributed by atoms with Crippen molar-refractivity contribution in [3.8, 4) is 23.0 Å². The molecule has 42 heavy (non-hydrogen) atoms. The van der Waals surface area contributed by atoms with Gasteiger partial charge in [-0.25, -0.2) is 4.79 Å². The SMILES string of the molecule is CN(C)c1ccc(-c2cc(NC(=O)Nc3ccc(C#CCN4CCCCC4)c4ccccc34)cc(C(C)(C)C)c2)cc1. The molecule has 4 aromatic rings. The molecule has 1 aliphatic heterocycles. The summed E-state index contributed by atoms with van der Waals surface area (Å²) in [5.74, 6) is 6.76. The van der Waals surface area contributed by atoms with E-state index >= 15 is 0 Å². The van der Waals surface area contributed by atoms with E-state index in [1.807, 2.05) is 50.5 Å². The monoisotopic (exact) mass is 558 g/mol. The van der Waals surface area contributed by atoms with Crippen LogP contribution in [0.15, 0.2) is 78.9 Å². The molecule has 1 saturated heterocycles. The summed E-state index contributed by atoms with van der Waals surface area (Å²) >= 11 is 0. The molecule has 0 atom stereocenters. The summed E-state index contributed by atoms with van der Waals surface area (Å²) < 4.78 is 0. The van der Waals surface area contributed by atoms with E-state index in [2.05, 4.69) is 95.5 Å². The van der Waals surface area contributed by atoms with Gasteiger partial charge < -0.3 is 15.5 Å². The molecule has 1 aliphatic rings. The largest absolute Gasteiger partial charge is 0.378 e. The highest BCUT2D eigenvalue weighted by Crippen LogP contribution is 2.33. The zero-order valence-corrected chi connectivity index (χ0v) is 25.6. The van der Waals surface area contributed by atoms with E-state index in [1.165, 1.54) is 19.3 Å². The Morgan fingerprint density at radius 1 is 0.833 bits per heavy atom. The van der Waals surface area contributed by atoms with Crippen molar-refractivity contribution < 1.29 is 4.79 Å². The molecule has 0 aliphatic carbocycles. The Labute approximate surface area is 250 Å². The second kappa shape index (κ2) is 12.7. The molecule has 0 spiro atoms. The molecule has 4 aromatic carbocycles. The number of nitrogens with one attached hydrogen (secondary N) is 2. The van der Waals surface area contributed by atoms with E-state index in [0.717, 1.165) is 69.7 Å². The van der Waals surface area contributed by atoms with Gasteiger partial charge in [-0.1, -0.05) is 81.5 Å². The van der Waals surface area contributed by atoms with Crippen molar-refractivity contribution in [2.24, 2.45) is 0 Å². The molecule has 2 N–H and O–H groups in total. The fourth-order valence-corrected chi connectivity index (χ4v) is 5.42. The molecule has 0 bridgehead atoms. The number of piperidine rings is 1. The molecule has 0 unspecified atom stereocenters. The highest BCUT2D eigenvalue weighted by molar-refractivity contribution is 6.07. The Kier molecular flexibility index (Phi) is 8.85. The number of urea groups is 1. The molecule has 5 nitrogen and oxygen atoms in total. The van der Waals surface area contributed by atoms with Gasteiger partial charge in [-0.2, -0.15) is 0 Å². The summed E-state index contributed by atoms with van der Waals surface area (Å²) in [6, 6.07) is 26.6. The molecular formula is C37H42N4O. The molecule has 5 heteroatoms. The van der Waals surface area contributed by atoms with Crippen LogP contribution >= 0.6 is 0 Å². The molecule has 2 amide bonds. The van der Waals surface area contributed by atoms with E-state index in [0.29, 0.717) is 0 Å². The van der Waals surface area contributed by atoms with Crippen molar-refractivity contribution in [3.05, 3.63) is 90.0 Å². The van der Waals surface area contributed by atoms with E-state index < -0.39 is 0 Å². The van der Waals surface area contributed by atoms with Gasteiger partial charge in [0, 0.05) is 36.4 Å². The lowest BCUT2D eigenvalue weighted by Gasteiger charge is -2.23. The van der Waals surface area contributed by atoms with Gasteiger partial charge in [0.1, 0.15) is 0 Å². The van der Waals surface area contributed by atoms with Gasteiger partial charge in [-0.3, -0.25) is 4.90 Å². The third-order valence-electron chi connectivity index (χ3n) is 7.92. The van der Waals surface area contributed by atoms with Gasteiger partial charge in [0.05, 0.1) is 12.2 Å². The number of anilines is 3. The van der Waals surface area contributed by atoms with Crippen LogP contribution < -0.4 is 15.5 Å². The molecule has 0 radical (unpaired) electrons. The van der Waals surface area contributed by atoms with Crippen LogP contribution in [0.2, 0.25) is 0 Å². The highest BCUT2D eigenvalue weighted by Gasteiger charge is 2.17. The van der Waals surface area contributed by atoms with Crippen LogP contribution in [0.4, 0.5) is 21.9 Å². The fraction of sp³-hybridized carbons (Fsp3) is 0.324. The van der Waals surface area contributed by atoms with Crippen molar-refractivity contribution in [1.82, 2.24) is 4.90 Å². The van der Waals surface area contributed by atoms with Crippen LogP contribution in [-0.2, 0) is 5.41 Å². The van der Waals surface area contributed by atoms with Crippen molar-refractivity contribution >= 4 is 33.9 Å². The molecule has 216 valence electrons. The Morgan fingerprint density at radius 2 is 1.55 bits per heavy atom. The Morgan fingerprint density at radius 3 is 2.24 bits per heavy atom. The minimum absolute atomic E-state index is 0.0758. The standard InChI is InChI=1S/C37H42N4O/c1-37(2,3)30-24-29(27-15-18-32(19-16-27)40(4)5)25-31(26-30)38-36(42)39-35-20-17-28(33-13-7-8-14-34(33)35)12-11-23-41-21-9-6-10-22-41/h7-8,13-20,24-26H,6,9-10,21-23H2,1-5H3,(H2,38,39,42). The highest BCUT2D eigenvalue weighted by atomic mass is 16.2. The van der Waals surface area contributed by atoms with Gasteiger partial charge in [-0.15, -0.1) is 0 Å². The average molecular weight is 559 g/mol. The summed E-state index contributed by atoms with van der Waals surface area (Å²) in [5.41, 5.74) is 6.91. The van der Waals surface area contributed by atoms with Crippen LogP contribution in [0.25, 0.3) is 21.9 Å². The second-order valence-electron chi connectivity index (χ2n) is 12.4. The molecule has 1 heterocycles. The normalized spacial score (nSPS) is 13.7. The number of nitrogens with zero attached hydrogens (tertiary/aromatic N) is 2.